The molecule has 214 valence electrons. The van der Waals surface area contributed by atoms with E-state index < -0.39 is 23.9 Å². The van der Waals surface area contributed by atoms with Crippen LogP contribution in [-0.4, -0.2) is 58.5 Å². The summed E-state index contributed by atoms with van der Waals surface area (Å²) < 4.78 is 0. The predicted octanol–water partition coefficient (Wildman–Crippen LogP) is 2.14. The molecule has 0 spiro atoms. The third-order valence-electron chi connectivity index (χ3n) is 6.81. The van der Waals surface area contributed by atoms with E-state index in [9.17, 15) is 19.2 Å². The summed E-state index contributed by atoms with van der Waals surface area (Å²) in [5.41, 5.74) is 13.4. The SMILES string of the molecule is NC(=O)c1ccncc1C(=O)C(Cc1ccccc1)NCCNC(Cc1ccccc1)C(=O)c1cnccc1C(N)=O. The predicted molar refractivity (Wildman–Crippen MR) is 158 cm³/mol. The highest BCUT2D eigenvalue weighted by Crippen LogP contribution is 2.15. The second-order valence-corrected chi connectivity index (χ2v) is 9.69. The Balaban J connectivity index is 1.51. The van der Waals surface area contributed by atoms with Crippen LogP contribution in [-0.2, 0) is 12.8 Å². The Morgan fingerprint density at radius 3 is 1.31 bits per heavy atom. The second kappa shape index (κ2) is 14.5. The zero-order valence-electron chi connectivity index (χ0n) is 22.9. The fourth-order valence-electron chi connectivity index (χ4n) is 4.69. The number of carbonyl (C=O) groups excluding carboxylic acids is 4. The van der Waals surface area contributed by atoms with Gasteiger partial charge in [0.05, 0.1) is 34.3 Å². The largest absolute Gasteiger partial charge is 0.366 e. The number of hydrogen-bond donors (Lipinski definition) is 4. The summed E-state index contributed by atoms with van der Waals surface area (Å²) in [6, 6.07) is 20.4. The monoisotopic (exact) mass is 564 g/mol. The van der Waals surface area contributed by atoms with Gasteiger partial charge in [0, 0.05) is 37.9 Å². The fraction of sp³-hybridized carbons (Fsp3) is 0.188. The number of ketones is 2. The van der Waals surface area contributed by atoms with E-state index in [1.54, 1.807) is 0 Å². The molecule has 4 rings (SSSR count). The zero-order chi connectivity index (χ0) is 29.9. The van der Waals surface area contributed by atoms with Gasteiger partial charge in [0.1, 0.15) is 0 Å². The highest BCUT2D eigenvalue weighted by molar-refractivity contribution is 6.10. The Hall–Kier alpha value is -5.06. The number of rotatable bonds is 15. The van der Waals surface area contributed by atoms with E-state index in [1.165, 1.54) is 36.9 Å². The Labute approximate surface area is 243 Å². The number of nitrogens with one attached hydrogen (secondary N) is 2. The van der Waals surface area contributed by atoms with Crippen LogP contribution in [0, 0.1) is 0 Å². The van der Waals surface area contributed by atoms with Gasteiger partial charge >= 0.3 is 0 Å². The molecule has 10 nitrogen and oxygen atoms in total. The Morgan fingerprint density at radius 2 is 0.952 bits per heavy atom. The average Bonchev–Trinajstić information content (AvgIpc) is 3.02. The number of nitrogens with two attached hydrogens (primary N) is 2. The highest BCUT2D eigenvalue weighted by atomic mass is 16.2. The van der Waals surface area contributed by atoms with Crippen molar-refractivity contribution in [1.29, 1.82) is 0 Å². The Morgan fingerprint density at radius 1 is 0.571 bits per heavy atom. The third-order valence-corrected chi connectivity index (χ3v) is 6.81. The molecule has 2 unspecified atom stereocenters. The van der Waals surface area contributed by atoms with Gasteiger partial charge in [-0.3, -0.25) is 29.1 Å². The smallest absolute Gasteiger partial charge is 0.249 e. The summed E-state index contributed by atoms with van der Waals surface area (Å²) in [5.74, 6) is -2.07. The van der Waals surface area contributed by atoms with Crippen molar-refractivity contribution < 1.29 is 19.2 Å². The molecule has 2 amide bonds. The first-order valence-corrected chi connectivity index (χ1v) is 13.5. The molecule has 0 aliphatic heterocycles. The van der Waals surface area contributed by atoms with Crippen LogP contribution in [0.1, 0.15) is 52.6 Å². The van der Waals surface area contributed by atoms with Crippen molar-refractivity contribution in [2.45, 2.75) is 24.9 Å². The van der Waals surface area contributed by atoms with Gasteiger partial charge in [0.15, 0.2) is 11.6 Å². The first-order valence-electron chi connectivity index (χ1n) is 13.5. The van der Waals surface area contributed by atoms with Gasteiger partial charge in [-0.05, 0) is 36.1 Å². The molecule has 10 heteroatoms. The normalized spacial score (nSPS) is 12.3. The summed E-state index contributed by atoms with van der Waals surface area (Å²) in [7, 11) is 0. The molecule has 0 radical (unpaired) electrons. The van der Waals surface area contributed by atoms with Crippen molar-refractivity contribution in [3.05, 3.63) is 131 Å². The van der Waals surface area contributed by atoms with Gasteiger partial charge in [0.2, 0.25) is 11.8 Å². The molecule has 6 N–H and O–H groups in total. The number of pyridine rings is 2. The molecule has 0 saturated heterocycles. The lowest BCUT2D eigenvalue weighted by molar-refractivity contribution is 0.0918. The summed E-state index contributed by atoms with van der Waals surface area (Å²) >= 11 is 0. The van der Waals surface area contributed by atoms with E-state index in [0.717, 1.165) is 11.1 Å². The van der Waals surface area contributed by atoms with Gasteiger partial charge in [-0.2, -0.15) is 0 Å². The standard InChI is InChI=1S/C32H32N6O4/c33-31(41)23-11-13-35-19-25(23)29(39)27(17-21-7-3-1-4-8-21)37-15-16-38-28(18-22-9-5-2-6-10-22)30(40)26-20-36-14-12-24(26)32(34)42/h1-14,19-20,27-28,37-38H,15-18H2,(H2,33,41)(H2,34,42). The van der Waals surface area contributed by atoms with Crippen LogP contribution in [0.25, 0.3) is 0 Å². The van der Waals surface area contributed by atoms with E-state index >= 15 is 0 Å². The van der Waals surface area contributed by atoms with E-state index in [4.69, 9.17) is 11.5 Å². The summed E-state index contributed by atoms with van der Waals surface area (Å²) in [6.45, 7) is 0.618. The Bertz CT molecular complexity index is 1430. The van der Waals surface area contributed by atoms with Gasteiger partial charge in [0.25, 0.3) is 0 Å². The van der Waals surface area contributed by atoms with Gasteiger partial charge < -0.3 is 22.1 Å². The highest BCUT2D eigenvalue weighted by Gasteiger charge is 2.26. The number of amides is 2. The maximum absolute atomic E-state index is 13.6. The van der Waals surface area contributed by atoms with Gasteiger partial charge in [-0.25, -0.2) is 0 Å². The van der Waals surface area contributed by atoms with Crippen LogP contribution in [0.15, 0.2) is 97.6 Å². The quantitative estimate of drug-likeness (QED) is 0.126. The molecular formula is C32H32N6O4. The minimum Gasteiger partial charge on any atom is -0.366 e. The molecule has 0 bridgehead atoms. The number of hydrogen-bond acceptors (Lipinski definition) is 8. The van der Waals surface area contributed by atoms with Crippen molar-refractivity contribution >= 4 is 23.4 Å². The third kappa shape index (κ3) is 7.78. The van der Waals surface area contributed by atoms with Crippen LogP contribution in [0.2, 0.25) is 0 Å². The lowest BCUT2D eigenvalue weighted by Crippen LogP contribution is -2.46. The van der Waals surface area contributed by atoms with E-state index in [0.29, 0.717) is 25.9 Å². The number of nitrogens with zero attached hydrogens (tertiary/aromatic N) is 2. The molecule has 2 aromatic heterocycles. The molecular weight excluding hydrogens is 532 g/mol. The number of primary amides is 2. The fourth-order valence-corrected chi connectivity index (χ4v) is 4.69. The first kappa shape index (κ1) is 29.9. The molecule has 0 saturated carbocycles. The molecule has 2 aromatic carbocycles. The number of carbonyl (C=O) groups is 4. The van der Waals surface area contributed by atoms with E-state index in [2.05, 4.69) is 20.6 Å². The minimum atomic E-state index is -0.714. The summed E-state index contributed by atoms with van der Waals surface area (Å²) in [4.78, 5) is 59.2. The number of Topliss-reactive ketones (excluding diaryl/α,β-unsaturated/α-hetero) is 2. The molecule has 0 aliphatic rings. The van der Waals surface area contributed by atoms with Crippen LogP contribution < -0.4 is 22.1 Å². The number of aromatic nitrogens is 2. The lowest BCUT2D eigenvalue weighted by Gasteiger charge is -2.22. The molecule has 42 heavy (non-hydrogen) atoms. The van der Waals surface area contributed by atoms with E-state index in [1.807, 2.05) is 60.7 Å². The lowest BCUT2D eigenvalue weighted by atomic mass is 9.95. The van der Waals surface area contributed by atoms with Crippen molar-refractivity contribution in [1.82, 2.24) is 20.6 Å². The first-order chi connectivity index (χ1) is 20.3. The van der Waals surface area contributed by atoms with Crippen LogP contribution in [0.5, 0.6) is 0 Å². The zero-order valence-corrected chi connectivity index (χ0v) is 22.9. The maximum atomic E-state index is 13.6. The van der Waals surface area contributed by atoms with E-state index in [-0.39, 0.29) is 33.8 Å². The van der Waals surface area contributed by atoms with Crippen LogP contribution in [0.4, 0.5) is 0 Å². The van der Waals surface area contributed by atoms with Crippen molar-refractivity contribution in [2.75, 3.05) is 13.1 Å². The summed E-state index contributed by atoms with van der Waals surface area (Å²) in [5, 5.41) is 6.54. The van der Waals surface area contributed by atoms with Crippen molar-refractivity contribution in [3.63, 3.8) is 0 Å². The minimum absolute atomic E-state index is 0.100. The second-order valence-electron chi connectivity index (χ2n) is 9.69. The van der Waals surface area contributed by atoms with Crippen molar-refractivity contribution in [2.24, 2.45) is 11.5 Å². The van der Waals surface area contributed by atoms with Gasteiger partial charge in [-0.15, -0.1) is 0 Å². The molecule has 0 aliphatic carbocycles. The Kier molecular flexibility index (Phi) is 10.4. The van der Waals surface area contributed by atoms with Crippen LogP contribution in [0.3, 0.4) is 0 Å². The molecule has 2 atom stereocenters. The topological polar surface area (TPSA) is 170 Å². The van der Waals surface area contributed by atoms with Crippen LogP contribution >= 0.6 is 0 Å². The maximum Gasteiger partial charge on any atom is 0.249 e. The molecule has 0 fully saturated rings. The number of benzene rings is 2. The molecule has 2 heterocycles. The van der Waals surface area contributed by atoms with Crippen molar-refractivity contribution in [3.8, 4) is 0 Å². The average molecular weight is 565 g/mol. The molecule has 4 aromatic rings. The van der Waals surface area contributed by atoms with Gasteiger partial charge in [-0.1, -0.05) is 60.7 Å². The summed E-state index contributed by atoms with van der Waals surface area (Å²) in [6.07, 6.45) is 6.23.